The molecule has 0 aliphatic carbocycles. The molecule has 3 rings (SSSR count). The second-order valence-electron chi connectivity index (χ2n) is 7.36. The van der Waals surface area contributed by atoms with Crippen molar-refractivity contribution in [2.45, 2.75) is 17.9 Å². The van der Waals surface area contributed by atoms with Crippen molar-refractivity contribution in [3.05, 3.63) is 102 Å². The molecular weight excluding hydrogens is 436 g/mol. The summed E-state index contributed by atoms with van der Waals surface area (Å²) in [5.41, 5.74) is 7.63. The molecule has 0 atom stereocenters. The first-order chi connectivity index (χ1) is 16.0. The predicted octanol–water partition coefficient (Wildman–Crippen LogP) is 3.69. The van der Waals surface area contributed by atoms with Gasteiger partial charge in [0.25, 0.3) is 5.91 Å². The molecule has 2 N–H and O–H groups in total. The fraction of sp³-hybridized carbons (Fsp3) is 0.192. The van der Waals surface area contributed by atoms with Gasteiger partial charge in [-0.15, -0.1) is 11.8 Å². The quantitative estimate of drug-likeness (QED) is 0.347. The van der Waals surface area contributed by atoms with Crippen molar-refractivity contribution in [1.29, 1.82) is 0 Å². The van der Waals surface area contributed by atoms with Gasteiger partial charge in [0.15, 0.2) is 6.61 Å². The van der Waals surface area contributed by atoms with Gasteiger partial charge in [-0.25, -0.2) is 4.79 Å². The van der Waals surface area contributed by atoms with E-state index in [1.165, 1.54) is 0 Å². The van der Waals surface area contributed by atoms with Gasteiger partial charge in [-0.2, -0.15) is 0 Å². The van der Waals surface area contributed by atoms with Crippen LogP contribution in [0.4, 0.5) is 0 Å². The Morgan fingerprint density at radius 1 is 0.818 bits per heavy atom. The van der Waals surface area contributed by atoms with E-state index in [9.17, 15) is 14.4 Å². The zero-order valence-electron chi connectivity index (χ0n) is 18.2. The number of nitrogens with two attached hydrogens (primary N) is 1. The largest absolute Gasteiger partial charge is 0.452 e. The minimum absolute atomic E-state index is 0.0492. The number of ether oxygens (including phenoxy) is 1. The van der Waals surface area contributed by atoms with E-state index >= 15 is 0 Å². The van der Waals surface area contributed by atoms with E-state index in [1.54, 1.807) is 29.2 Å². The van der Waals surface area contributed by atoms with Crippen molar-refractivity contribution in [3.63, 3.8) is 0 Å². The SMILES string of the molecule is NC(=O)CSc1ccccc1C(=O)OCC(=O)N(CCc1ccccc1)Cc1ccccc1. The number of hydrogen-bond acceptors (Lipinski definition) is 5. The molecular formula is C26H26N2O4S. The summed E-state index contributed by atoms with van der Waals surface area (Å²) in [6.45, 7) is 0.560. The smallest absolute Gasteiger partial charge is 0.339 e. The van der Waals surface area contributed by atoms with E-state index in [-0.39, 0.29) is 18.3 Å². The van der Waals surface area contributed by atoms with E-state index in [0.29, 0.717) is 30.0 Å². The average Bonchev–Trinajstić information content (AvgIpc) is 2.85. The van der Waals surface area contributed by atoms with E-state index in [0.717, 1.165) is 22.9 Å². The van der Waals surface area contributed by atoms with Crippen LogP contribution in [0.15, 0.2) is 89.8 Å². The van der Waals surface area contributed by atoms with Crippen LogP contribution < -0.4 is 5.73 Å². The molecule has 0 bridgehead atoms. The molecule has 33 heavy (non-hydrogen) atoms. The summed E-state index contributed by atoms with van der Waals surface area (Å²) in [6.07, 6.45) is 0.694. The first-order valence-corrected chi connectivity index (χ1v) is 11.5. The summed E-state index contributed by atoms with van der Waals surface area (Å²) in [5.74, 6) is -1.31. The van der Waals surface area contributed by atoms with Crippen molar-refractivity contribution >= 4 is 29.5 Å². The lowest BCUT2D eigenvalue weighted by molar-refractivity contribution is -0.135. The number of amides is 2. The van der Waals surface area contributed by atoms with Gasteiger partial charge in [-0.05, 0) is 29.7 Å². The van der Waals surface area contributed by atoms with Gasteiger partial charge in [0.2, 0.25) is 5.91 Å². The van der Waals surface area contributed by atoms with E-state index in [2.05, 4.69) is 0 Å². The normalized spacial score (nSPS) is 10.4. The van der Waals surface area contributed by atoms with E-state index < -0.39 is 11.9 Å². The highest BCUT2D eigenvalue weighted by atomic mass is 32.2. The number of hydrogen-bond donors (Lipinski definition) is 1. The maximum absolute atomic E-state index is 13.0. The van der Waals surface area contributed by atoms with Gasteiger partial charge < -0.3 is 15.4 Å². The van der Waals surface area contributed by atoms with E-state index in [1.807, 2.05) is 60.7 Å². The summed E-state index contributed by atoms with van der Waals surface area (Å²) >= 11 is 1.16. The van der Waals surface area contributed by atoms with E-state index in [4.69, 9.17) is 10.5 Å². The van der Waals surface area contributed by atoms with Crippen molar-refractivity contribution in [3.8, 4) is 0 Å². The lowest BCUT2D eigenvalue weighted by atomic mass is 10.1. The number of rotatable bonds is 11. The molecule has 0 spiro atoms. The van der Waals surface area contributed by atoms with Crippen molar-refractivity contribution < 1.29 is 19.1 Å². The van der Waals surface area contributed by atoms with Crippen LogP contribution in [0, 0.1) is 0 Å². The van der Waals surface area contributed by atoms with Crippen LogP contribution in [0.1, 0.15) is 21.5 Å². The molecule has 0 saturated carbocycles. The third kappa shape index (κ3) is 7.80. The lowest BCUT2D eigenvalue weighted by Crippen LogP contribution is -2.36. The van der Waals surface area contributed by atoms with Crippen LogP contribution in [-0.4, -0.2) is 41.6 Å². The van der Waals surface area contributed by atoms with Crippen LogP contribution >= 0.6 is 11.8 Å². The van der Waals surface area contributed by atoms with Crippen LogP contribution in [0.5, 0.6) is 0 Å². The molecule has 0 heterocycles. The molecule has 0 unspecified atom stereocenters. The van der Waals surface area contributed by atoms with Gasteiger partial charge in [0, 0.05) is 18.0 Å². The molecule has 2 amide bonds. The topological polar surface area (TPSA) is 89.7 Å². The molecule has 0 aromatic heterocycles. The zero-order valence-corrected chi connectivity index (χ0v) is 19.0. The number of benzene rings is 3. The second-order valence-corrected chi connectivity index (χ2v) is 8.38. The Labute approximate surface area is 197 Å². The van der Waals surface area contributed by atoms with Crippen molar-refractivity contribution in [1.82, 2.24) is 4.90 Å². The van der Waals surface area contributed by atoms with Gasteiger partial charge in [-0.1, -0.05) is 72.8 Å². The minimum atomic E-state index is -0.612. The first kappa shape index (κ1) is 24.1. The third-order valence-corrected chi connectivity index (χ3v) is 5.98. The second kappa shape index (κ2) is 12.5. The first-order valence-electron chi connectivity index (χ1n) is 10.6. The molecule has 0 fully saturated rings. The molecule has 0 radical (unpaired) electrons. The van der Waals surface area contributed by atoms with Crippen molar-refractivity contribution in [2.24, 2.45) is 5.73 Å². The van der Waals surface area contributed by atoms with Crippen LogP contribution in [-0.2, 0) is 27.3 Å². The minimum Gasteiger partial charge on any atom is -0.452 e. The number of nitrogens with zero attached hydrogens (tertiary/aromatic N) is 1. The molecule has 6 nitrogen and oxygen atoms in total. The Bertz CT molecular complexity index is 1070. The fourth-order valence-electron chi connectivity index (χ4n) is 3.21. The Kier molecular flexibility index (Phi) is 9.08. The molecule has 0 aliphatic rings. The Morgan fingerprint density at radius 2 is 1.42 bits per heavy atom. The number of carbonyl (C=O) groups excluding carboxylic acids is 3. The van der Waals surface area contributed by atoms with Gasteiger partial charge >= 0.3 is 5.97 Å². The Morgan fingerprint density at radius 3 is 2.09 bits per heavy atom. The third-order valence-electron chi connectivity index (χ3n) is 4.89. The maximum Gasteiger partial charge on any atom is 0.339 e. The standard InChI is InChI=1S/C26H26N2O4S/c27-24(29)19-33-23-14-8-7-13-22(23)26(31)32-18-25(30)28(17-21-11-5-2-6-12-21)16-15-20-9-3-1-4-10-20/h1-14H,15-19H2,(H2,27,29). The van der Waals surface area contributed by atoms with Gasteiger partial charge in [0.1, 0.15) is 0 Å². The lowest BCUT2D eigenvalue weighted by Gasteiger charge is -2.23. The summed E-state index contributed by atoms with van der Waals surface area (Å²) in [4.78, 5) is 39.0. The van der Waals surface area contributed by atoms with Crippen LogP contribution in [0.25, 0.3) is 0 Å². The summed E-state index contributed by atoms with van der Waals surface area (Å²) in [5, 5.41) is 0. The number of esters is 1. The highest BCUT2D eigenvalue weighted by Gasteiger charge is 2.19. The van der Waals surface area contributed by atoms with Crippen LogP contribution in [0.2, 0.25) is 0 Å². The fourth-order valence-corrected chi connectivity index (χ4v) is 3.99. The highest BCUT2D eigenvalue weighted by molar-refractivity contribution is 8.00. The number of primary amides is 1. The summed E-state index contributed by atoms with van der Waals surface area (Å²) in [7, 11) is 0. The summed E-state index contributed by atoms with van der Waals surface area (Å²) < 4.78 is 5.35. The predicted molar refractivity (Wildman–Crippen MR) is 129 cm³/mol. The molecule has 0 saturated heterocycles. The highest BCUT2D eigenvalue weighted by Crippen LogP contribution is 2.23. The number of thioether (sulfide) groups is 1. The monoisotopic (exact) mass is 462 g/mol. The Hall–Kier alpha value is -3.58. The molecule has 3 aromatic rings. The zero-order chi connectivity index (χ0) is 23.5. The number of carbonyl (C=O) groups is 3. The Balaban J connectivity index is 1.65. The summed E-state index contributed by atoms with van der Waals surface area (Å²) in [6, 6.07) is 26.4. The molecule has 0 aliphatic heterocycles. The van der Waals surface area contributed by atoms with Gasteiger partial charge in [-0.3, -0.25) is 9.59 Å². The van der Waals surface area contributed by atoms with Gasteiger partial charge in [0.05, 0.1) is 11.3 Å². The average molecular weight is 463 g/mol. The maximum atomic E-state index is 13.0. The van der Waals surface area contributed by atoms with Crippen LogP contribution in [0.3, 0.4) is 0 Å². The molecule has 3 aromatic carbocycles. The molecule has 170 valence electrons. The molecule has 7 heteroatoms. The van der Waals surface area contributed by atoms with Crippen molar-refractivity contribution in [2.75, 3.05) is 18.9 Å².